The second kappa shape index (κ2) is 7.27. The Morgan fingerprint density at radius 2 is 1.76 bits per heavy atom. The minimum Gasteiger partial charge on any atom is -0.491 e. The molecule has 0 fully saturated rings. The van der Waals surface area contributed by atoms with Crippen LogP contribution in [0.25, 0.3) is 0 Å². The molecule has 3 nitrogen and oxygen atoms in total. The number of amides is 1. The average Bonchev–Trinajstić information content (AvgIpc) is 2.47. The van der Waals surface area contributed by atoms with Crippen LogP contribution in [0.15, 0.2) is 53.0 Å². The molecule has 0 aliphatic heterocycles. The van der Waals surface area contributed by atoms with Gasteiger partial charge < -0.3 is 10.1 Å². The summed E-state index contributed by atoms with van der Waals surface area (Å²) in [4.78, 5) is 12.0. The van der Waals surface area contributed by atoms with E-state index in [0.717, 1.165) is 10.2 Å². The fraction of sp³-hybridized carbons (Fsp3) is 0.235. The van der Waals surface area contributed by atoms with Crippen molar-refractivity contribution in [1.82, 2.24) is 5.32 Å². The van der Waals surface area contributed by atoms with E-state index in [1.54, 1.807) is 12.1 Å². The van der Waals surface area contributed by atoms with Gasteiger partial charge in [-0.1, -0.05) is 33.6 Å². The van der Waals surface area contributed by atoms with Gasteiger partial charge >= 0.3 is 0 Å². The summed E-state index contributed by atoms with van der Waals surface area (Å²) in [7, 11) is 0. The zero-order valence-corrected chi connectivity index (χ0v) is 13.7. The monoisotopic (exact) mass is 347 g/mol. The highest BCUT2D eigenvalue weighted by molar-refractivity contribution is 9.10. The van der Waals surface area contributed by atoms with Crippen molar-refractivity contribution in [3.8, 4) is 5.75 Å². The van der Waals surface area contributed by atoms with E-state index in [-0.39, 0.29) is 11.9 Å². The molecular weight excluding hydrogens is 330 g/mol. The molecule has 1 N–H and O–H groups in total. The molecule has 4 heteroatoms. The van der Waals surface area contributed by atoms with E-state index in [4.69, 9.17) is 4.74 Å². The Hall–Kier alpha value is -1.81. The summed E-state index contributed by atoms with van der Waals surface area (Å²) in [6.07, 6.45) is 0. The molecule has 2 aromatic rings. The molecule has 0 heterocycles. The van der Waals surface area contributed by atoms with Gasteiger partial charge in [0.25, 0.3) is 5.91 Å². The molecule has 0 saturated heterocycles. The number of carbonyl (C=O) groups is 1. The normalized spacial score (nSPS) is 11.8. The summed E-state index contributed by atoms with van der Waals surface area (Å²) in [6, 6.07) is 15.1. The lowest BCUT2D eigenvalue weighted by Gasteiger charge is -2.15. The van der Waals surface area contributed by atoms with Gasteiger partial charge in [0.2, 0.25) is 0 Å². The molecule has 1 atom stereocenters. The van der Waals surface area contributed by atoms with Crippen LogP contribution in [0.2, 0.25) is 0 Å². The minimum absolute atomic E-state index is 0.0672. The number of carbonyl (C=O) groups excluding carboxylic acids is 1. The molecule has 0 aliphatic rings. The van der Waals surface area contributed by atoms with E-state index in [9.17, 15) is 4.79 Å². The molecule has 21 heavy (non-hydrogen) atoms. The molecule has 2 aromatic carbocycles. The first-order chi connectivity index (χ1) is 10.0. The van der Waals surface area contributed by atoms with Crippen molar-refractivity contribution < 1.29 is 9.53 Å². The zero-order chi connectivity index (χ0) is 15.2. The van der Waals surface area contributed by atoms with Crippen LogP contribution >= 0.6 is 15.9 Å². The van der Waals surface area contributed by atoms with Crippen molar-refractivity contribution in [2.75, 3.05) is 6.61 Å². The second-order valence-electron chi connectivity index (χ2n) is 5.01. The number of aryl methyl sites for hydroxylation is 1. The van der Waals surface area contributed by atoms with Crippen molar-refractivity contribution in [1.29, 1.82) is 0 Å². The molecule has 0 unspecified atom stereocenters. The maximum Gasteiger partial charge on any atom is 0.251 e. The highest BCUT2D eigenvalue weighted by Gasteiger charge is 2.10. The Balaban J connectivity index is 1.83. The topological polar surface area (TPSA) is 38.3 Å². The lowest BCUT2D eigenvalue weighted by molar-refractivity contribution is 0.0926. The van der Waals surface area contributed by atoms with Crippen molar-refractivity contribution in [3.63, 3.8) is 0 Å². The van der Waals surface area contributed by atoms with Gasteiger partial charge in [-0.25, -0.2) is 0 Å². The van der Waals surface area contributed by atoms with Crippen LogP contribution in [0.4, 0.5) is 0 Å². The summed E-state index contributed by atoms with van der Waals surface area (Å²) in [5.74, 6) is 0.716. The van der Waals surface area contributed by atoms with Crippen LogP contribution in [0.1, 0.15) is 22.8 Å². The van der Waals surface area contributed by atoms with Gasteiger partial charge in [-0.2, -0.15) is 0 Å². The van der Waals surface area contributed by atoms with E-state index in [1.165, 1.54) is 5.56 Å². The Morgan fingerprint density at radius 1 is 1.14 bits per heavy atom. The van der Waals surface area contributed by atoms with Crippen LogP contribution in [0.5, 0.6) is 5.75 Å². The lowest BCUT2D eigenvalue weighted by atomic mass is 10.2. The summed E-state index contributed by atoms with van der Waals surface area (Å²) in [6.45, 7) is 4.39. The average molecular weight is 348 g/mol. The SMILES string of the molecule is Cc1ccc(OC[C@@H](C)NC(=O)c2ccc(Br)cc2)cc1. The fourth-order valence-corrected chi connectivity index (χ4v) is 2.07. The standard InChI is InChI=1S/C17H18BrNO2/c1-12-3-9-16(10-4-12)21-11-13(2)19-17(20)14-5-7-15(18)8-6-14/h3-10,13H,11H2,1-2H3,(H,19,20)/t13-/m1/s1. The summed E-state index contributed by atoms with van der Waals surface area (Å²) in [5.41, 5.74) is 1.83. The van der Waals surface area contributed by atoms with Crippen LogP contribution in [0.3, 0.4) is 0 Å². The van der Waals surface area contributed by atoms with Gasteiger partial charge in [-0.15, -0.1) is 0 Å². The second-order valence-corrected chi connectivity index (χ2v) is 5.92. The van der Waals surface area contributed by atoms with Crippen LogP contribution < -0.4 is 10.1 Å². The molecule has 0 bridgehead atoms. The van der Waals surface area contributed by atoms with Crippen molar-refractivity contribution >= 4 is 21.8 Å². The molecule has 1 amide bonds. The Bertz CT molecular complexity index is 593. The first-order valence-electron chi connectivity index (χ1n) is 6.80. The first kappa shape index (κ1) is 15.6. The van der Waals surface area contributed by atoms with Crippen LogP contribution in [0, 0.1) is 6.92 Å². The maximum absolute atomic E-state index is 12.0. The zero-order valence-electron chi connectivity index (χ0n) is 12.1. The minimum atomic E-state index is -0.0949. The largest absolute Gasteiger partial charge is 0.491 e. The van der Waals surface area contributed by atoms with Gasteiger partial charge in [0.05, 0.1) is 6.04 Å². The number of ether oxygens (including phenoxy) is 1. The van der Waals surface area contributed by atoms with Gasteiger partial charge in [-0.05, 0) is 50.2 Å². The lowest BCUT2D eigenvalue weighted by Crippen LogP contribution is -2.36. The first-order valence-corrected chi connectivity index (χ1v) is 7.60. The quantitative estimate of drug-likeness (QED) is 0.888. The third-order valence-corrected chi connectivity index (χ3v) is 3.53. The van der Waals surface area contributed by atoms with Crippen molar-refractivity contribution in [2.24, 2.45) is 0 Å². The molecule has 0 saturated carbocycles. The maximum atomic E-state index is 12.0. The van der Waals surface area contributed by atoms with Gasteiger partial charge in [0, 0.05) is 10.0 Å². The Morgan fingerprint density at radius 3 is 2.38 bits per heavy atom. The predicted molar refractivity (Wildman–Crippen MR) is 87.7 cm³/mol. The number of halogens is 1. The molecule has 2 rings (SSSR count). The van der Waals surface area contributed by atoms with E-state index >= 15 is 0 Å². The van der Waals surface area contributed by atoms with Crippen molar-refractivity contribution in [3.05, 3.63) is 64.1 Å². The Labute approximate surface area is 133 Å². The van der Waals surface area contributed by atoms with E-state index in [1.807, 2.05) is 50.2 Å². The molecule has 0 radical (unpaired) electrons. The molecule has 110 valence electrons. The smallest absolute Gasteiger partial charge is 0.251 e. The van der Waals surface area contributed by atoms with Crippen LogP contribution in [-0.4, -0.2) is 18.6 Å². The molecule has 0 aliphatic carbocycles. The summed E-state index contributed by atoms with van der Waals surface area (Å²) in [5, 5.41) is 2.92. The highest BCUT2D eigenvalue weighted by Crippen LogP contribution is 2.12. The van der Waals surface area contributed by atoms with Gasteiger partial charge in [0.15, 0.2) is 0 Å². The number of hydrogen-bond acceptors (Lipinski definition) is 2. The van der Waals surface area contributed by atoms with Gasteiger partial charge in [-0.3, -0.25) is 4.79 Å². The number of benzene rings is 2. The van der Waals surface area contributed by atoms with E-state index < -0.39 is 0 Å². The summed E-state index contributed by atoms with van der Waals surface area (Å²) >= 11 is 3.35. The Kier molecular flexibility index (Phi) is 5.39. The van der Waals surface area contributed by atoms with Crippen LogP contribution in [-0.2, 0) is 0 Å². The van der Waals surface area contributed by atoms with Gasteiger partial charge in [0.1, 0.15) is 12.4 Å². The number of rotatable bonds is 5. The number of nitrogens with one attached hydrogen (secondary N) is 1. The molecule has 0 aromatic heterocycles. The van der Waals surface area contributed by atoms with Crippen molar-refractivity contribution in [2.45, 2.75) is 19.9 Å². The molecular formula is C17H18BrNO2. The molecule has 0 spiro atoms. The predicted octanol–water partition coefficient (Wildman–Crippen LogP) is 3.95. The highest BCUT2D eigenvalue weighted by atomic mass is 79.9. The van der Waals surface area contributed by atoms with E-state index in [2.05, 4.69) is 21.2 Å². The third kappa shape index (κ3) is 4.90. The fourth-order valence-electron chi connectivity index (χ4n) is 1.81. The van der Waals surface area contributed by atoms with E-state index in [0.29, 0.717) is 12.2 Å². The number of hydrogen-bond donors (Lipinski definition) is 1. The summed E-state index contributed by atoms with van der Waals surface area (Å²) < 4.78 is 6.61. The third-order valence-electron chi connectivity index (χ3n) is 3.00.